The summed E-state index contributed by atoms with van der Waals surface area (Å²) in [5.41, 5.74) is 2.24. The van der Waals surface area contributed by atoms with E-state index in [0.29, 0.717) is 6.54 Å². The first-order chi connectivity index (χ1) is 12.4. The standard InChI is InChI=1S/C18H17N7/c1-2-4-15(5-3-1)11-25(12-16-6-7-22-23-16)18-10-17(20-13-21-18)24-9-8-19-14-24/h1-10,13-14H,11-12H2,(H,22,23). The lowest BCUT2D eigenvalue weighted by Crippen LogP contribution is -2.23. The number of rotatable bonds is 6. The van der Waals surface area contributed by atoms with Crippen LogP contribution in [0.1, 0.15) is 11.3 Å². The number of nitrogens with one attached hydrogen (secondary N) is 1. The Hall–Kier alpha value is -3.48. The normalized spacial score (nSPS) is 10.7. The molecule has 4 rings (SSSR count). The Morgan fingerprint density at radius 2 is 1.92 bits per heavy atom. The Bertz CT molecular complexity index is 902. The zero-order chi connectivity index (χ0) is 16.9. The molecule has 0 aliphatic heterocycles. The average molecular weight is 331 g/mol. The van der Waals surface area contributed by atoms with Crippen LogP contribution in [-0.2, 0) is 13.1 Å². The highest BCUT2D eigenvalue weighted by atomic mass is 15.2. The molecule has 0 saturated heterocycles. The third-order valence-electron chi connectivity index (χ3n) is 3.87. The molecule has 0 atom stereocenters. The molecule has 0 fully saturated rings. The van der Waals surface area contributed by atoms with E-state index in [1.54, 1.807) is 25.0 Å². The molecule has 3 aromatic heterocycles. The van der Waals surface area contributed by atoms with Gasteiger partial charge in [-0.15, -0.1) is 0 Å². The number of aromatic nitrogens is 6. The third kappa shape index (κ3) is 3.55. The van der Waals surface area contributed by atoms with E-state index in [2.05, 4.69) is 42.2 Å². The van der Waals surface area contributed by atoms with E-state index in [-0.39, 0.29) is 0 Å². The second-order valence-electron chi connectivity index (χ2n) is 5.63. The van der Waals surface area contributed by atoms with Gasteiger partial charge in [-0.3, -0.25) is 9.67 Å². The summed E-state index contributed by atoms with van der Waals surface area (Å²) >= 11 is 0. The lowest BCUT2D eigenvalue weighted by atomic mass is 10.2. The fraction of sp³-hybridized carbons (Fsp3) is 0.111. The summed E-state index contributed by atoms with van der Waals surface area (Å²) < 4.78 is 1.86. The Morgan fingerprint density at radius 3 is 2.68 bits per heavy atom. The number of benzene rings is 1. The number of aromatic amines is 1. The average Bonchev–Trinajstić information content (AvgIpc) is 3.36. The van der Waals surface area contributed by atoms with Gasteiger partial charge in [-0.25, -0.2) is 15.0 Å². The molecular formula is C18H17N7. The highest BCUT2D eigenvalue weighted by molar-refractivity contribution is 5.44. The van der Waals surface area contributed by atoms with E-state index >= 15 is 0 Å². The van der Waals surface area contributed by atoms with Gasteiger partial charge in [0.15, 0.2) is 0 Å². The van der Waals surface area contributed by atoms with Crippen LogP contribution in [0.5, 0.6) is 0 Å². The Balaban J connectivity index is 1.66. The first-order valence-corrected chi connectivity index (χ1v) is 7.96. The molecule has 3 heterocycles. The van der Waals surface area contributed by atoms with Crippen molar-refractivity contribution in [3.8, 4) is 5.82 Å². The summed E-state index contributed by atoms with van der Waals surface area (Å²) in [4.78, 5) is 15.1. The quantitative estimate of drug-likeness (QED) is 0.588. The minimum absolute atomic E-state index is 0.676. The van der Waals surface area contributed by atoms with Crippen molar-refractivity contribution in [1.29, 1.82) is 0 Å². The maximum absolute atomic E-state index is 4.47. The van der Waals surface area contributed by atoms with Crippen molar-refractivity contribution in [3.05, 3.63) is 85.0 Å². The molecule has 0 spiro atoms. The lowest BCUT2D eigenvalue weighted by molar-refractivity contribution is 0.757. The van der Waals surface area contributed by atoms with Gasteiger partial charge in [0.25, 0.3) is 0 Å². The van der Waals surface area contributed by atoms with Crippen LogP contribution in [0, 0.1) is 0 Å². The summed E-state index contributed by atoms with van der Waals surface area (Å²) in [7, 11) is 0. The van der Waals surface area contributed by atoms with Crippen molar-refractivity contribution in [1.82, 2.24) is 29.7 Å². The van der Waals surface area contributed by atoms with Crippen molar-refractivity contribution in [2.45, 2.75) is 13.1 Å². The van der Waals surface area contributed by atoms with Gasteiger partial charge in [0, 0.05) is 31.2 Å². The van der Waals surface area contributed by atoms with E-state index in [0.717, 1.165) is 23.9 Å². The van der Waals surface area contributed by atoms with Gasteiger partial charge in [-0.1, -0.05) is 30.3 Å². The van der Waals surface area contributed by atoms with E-state index in [4.69, 9.17) is 0 Å². The molecule has 0 amide bonds. The summed E-state index contributed by atoms with van der Waals surface area (Å²) in [6.07, 6.45) is 8.65. The molecule has 1 N–H and O–H groups in total. The Kier molecular flexibility index (Phi) is 4.20. The second kappa shape index (κ2) is 6.96. The van der Waals surface area contributed by atoms with Crippen LogP contribution < -0.4 is 4.90 Å². The van der Waals surface area contributed by atoms with E-state index in [1.807, 2.05) is 41.1 Å². The minimum Gasteiger partial charge on any atom is -0.346 e. The molecule has 0 saturated carbocycles. The molecule has 0 aliphatic rings. The van der Waals surface area contributed by atoms with Gasteiger partial charge >= 0.3 is 0 Å². The zero-order valence-electron chi connectivity index (χ0n) is 13.5. The monoisotopic (exact) mass is 331 g/mol. The predicted octanol–water partition coefficient (Wildman–Crippen LogP) is 2.59. The van der Waals surface area contributed by atoms with Crippen molar-refractivity contribution < 1.29 is 0 Å². The van der Waals surface area contributed by atoms with Gasteiger partial charge in [0.2, 0.25) is 0 Å². The van der Waals surface area contributed by atoms with Crippen molar-refractivity contribution in [2.24, 2.45) is 0 Å². The summed E-state index contributed by atoms with van der Waals surface area (Å²) in [6.45, 7) is 1.41. The van der Waals surface area contributed by atoms with Crippen LogP contribution >= 0.6 is 0 Å². The third-order valence-corrected chi connectivity index (χ3v) is 3.87. The molecule has 0 aliphatic carbocycles. The maximum atomic E-state index is 4.47. The molecule has 7 heteroatoms. The van der Waals surface area contributed by atoms with Crippen molar-refractivity contribution >= 4 is 5.82 Å². The molecule has 124 valence electrons. The number of nitrogens with zero attached hydrogens (tertiary/aromatic N) is 6. The van der Waals surface area contributed by atoms with Gasteiger partial charge < -0.3 is 4.90 Å². The Labute approximate surface area is 145 Å². The fourth-order valence-electron chi connectivity index (χ4n) is 2.65. The van der Waals surface area contributed by atoms with Crippen molar-refractivity contribution in [2.75, 3.05) is 4.90 Å². The van der Waals surface area contributed by atoms with E-state index in [1.165, 1.54) is 5.56 Å². The first kappa shape index (κ1) is 15.1. The summed E-state index contributed by atoms with van der Waals surface area (Å²) in [5, 5.41) is 7.05. The largest absolute Gasteiger partial charge is 0.346 e. The molecule has 4 aromatic rings. The maximum Gasteiger partial charge on any atom is 0.143 e. The van der Waals surface area contributed by atoms with Crippen LogP contribution in [0.2, 0.25) is 0 Å². The van der Waals surface area contributed by atoms with Crippen molar-refractivity contribution in [3.63, 3.8) is 0 Å². The predicted molar refractivity (Wildman–Crippen MR) is 94.1 cm³/mol. The van der Waals surface area contributed by atoms with Gasteiger partial charge in [0.05, 0.1) is 12.2 Å². The Morgan fingerprint density at radius 1 is 1.00 bits per heavy atom. The highest BCUT2D eigenvalue weighted by Gasteiger charge is 2.12. The van der Waals surface area contributed by atoms with Crippen LogP contribution in [0.4, 0.5) is 5.82 Å². The second-order valence-corrected chi connectivity index (χ2v) is 5.63. The first-order valence-electron chi connectivity index (χ1n) is 7.96. The lowest BCUT2D eigenvalue weighted by Gasteiger charge is -2.23. The molecule has 25 heavy (non-hydrogen) atoms. The molecule has 0 unspecified atom stereocenters. The fourth-order valence-corrected chi connectivity index (χ4v) is 2.65. The number of hydrogen-bond acceptors (Lipinski definition) is 5. The zero-order valence-corrected chi connectivity index (χ0v) is 13.5. The van der Waals surface area contributed by atoms with Crippen LogP contribution in [-0.4, -0.2) is 29.7 Å². The van der Waals surface area contributed by atoms with Crippen LogP contribution in [0.3, 0.4) is 0 Å². The van der Waals surface area contributed by atoms with Gasteiger partial charge in [-0.2, -0.15) is 5.10 Å². The molecule has 1 aromatic carbocycles. The number of anilines is 1. The van der Waals surface area contributed by atoms with Crippen LogP contribution in [0.25, 0.3) is 5.82 Å². The highest BCUT2D eigenvalue weighted by Crippen LogP contribution is 2.19. The topological polar surface area (TPSA) is 75.5 Å². The molecular weight excluding hydrogens is 314 g/mol. The molecule has 7 nitrogen and oxygen atoms in total. The van der Waals surface area contributed by atoms with Gasteiger partial charge in [0.1, 0.15) is 24.3 Å². The smallest absolute Gasteiger partial charge is 0.143 e. The van der Waals surface area contributed by atoms with E-state index < -0.39 is 0 Å². The number of hydrogen-bond donors (Lipinski definition) is 1. The number of imidazole rings is 1. The summed E-state index contributed by atoms with van der Waals surface area (Å²) in [5.74, 6) is 1.63. The van der Waals surface area contributed by atoms with Crippen LogP contribution in [0.15, 0.2) is 73.7 Å². The SMILES string of the molecule is c1ccc(CN(Cc2ccn[nH]2)c2cc(-n3ccnc3)ncn2)cc1. The van der Waals surface area contributed by atoms with E-state index in [9.17, 15) is 0 Å². The summed E-state index contributed by atoms with van der Waals surface area (Å²) in [6, 6.07) is 14.2. The van der Waals surface area contributed by atoms with Gasteiger partial charge in [-0.05, 0) is 11.6 Å². The minimum atomic E-state index is 0.676. The molecule has 0 radical (unpaired) electrons. The molecule has 0 bridgehead atoms. The number of H-pyrrole nitrogens is 1.